The summed E-state index contributed by atoms with van der Waals surface area (Å²) < 4.78 is 0. The van der Waals surface area contributed by atoms with E-state index >= 15 is 0 Å². The van der Waals surface area contributed by atoms with Crippen LogP contribution in [-0.4, -0.2) is 6.21 Å². The summed E-state index contributed by atoms with van der Waals surface area (Å²) in [6.45, 7) is 4.30. The molecule has 7 nitrogen and oxygen atoms in total. The molecule has 0 bridgehead atoms. The first-order chi connectivity index (χ1) is 11.1. The predicted molar refractivity (Wildman–Crippen MR) is 91.3 cm³/mol. The molecule has 0 heterocycles. The van der Waals surface area contributed by atoms with Crippen molar-refractivity contribution in [1.29, 1.82) is 0 Å². The Kier molecular flexibility index (Phi) is 5.36. The zero-order valence-corrected chi connectivity index (χ0v) is 12.9. The Hall–Kier alpha value is -3.27. The van der Waals surface area contributed by atoms with Crippen molar-refractivity contribution < 1.29 is 0 Å². The van der Waals surface area contributed by atoms with E-state index in [1.807, 2.05) is 38.1 Å². The smallest absolute Gasteiger partial charge is 0.0644 e. The number of aryl methyl sites for hydroxylation is 2. The molecule has 0 unspecified atom stereocenters. The minimum atomic E-state index is 0.375. The van der Waals surface area contributed by atoms with E-state index in [4.69, 9.17) is 11.1 Å². The molecule has 7 heteroatoms. The van der Waals surface area contributed by atoms with Gasteiger partial charge < -0.3 is 0 Å². The highest BCUT2D eigenvalue weighted by Gasteiger charge is 2.01. The topological polar surface area (TPSA) is 110 Å². The van der Waals surface area contributed by atoms with Crippen LogP contribution in [0.15, 0.2) is 51.6 Å². The molecule has 2 rings (SSSR count). The van der Waals surface area contributed by atoms with Gasteiger partial charge in [0.15, 0.2) is 0 Å². The molecule has 0 saturated carbocycles. The molecule has 0 fully saturated rings. The maximum Gasteiger partial charge on any atom is 0.0644 e. The van der Waals surface area contributed by atoms with Gasteiger partial charge in [-0.25, -0.2) is 0 Å². The van der Waals surface area contributed by atoms with E-state index in [0.29, 0.717) is 17.9 Å². The molecular formula is C16H15N7. The molecule has 2 aromatic carbocycles. The monoisotopic (exact) mass is 305 g/mol. The van der Waals surface area contributed by atoms with Crippen LogP contribution in [0.2, 0.25) is 0 Å². The van der Waals surface area contributed by atoms with Crippen LogP contribution in [0.5, 0.6) is 0 Å². The highest BCUT2D eigenvalue weighted by atomic mass is 15.1. The third-order valence-corrected chi connectivity index (χ3v) is 3.21. The summed E-state index contributed by atoms with van der Waals surface area (Å²) >= 11 is 0. The number of hydrogen-bond donors (Lipinski definition) is 0. The van der Waals surface area contributed by atoms with Gasteiger partial charge in [-0.15, -0.1) is 0 Å². The molecule has 2 aromatic rings. The van der Waals surface area contributed by atoms with Crippen molar-refractivity contribution in [2.24, 2.45) is 15.2 Å². The maximum atomic E-state index is 8.62. The minimum Gasteiger partial charge on any atom is -0.288 e. The van der Waals surface area contributed by atoms with Crippen molar-refractivity contribution in [3.63, 3.8) is 0 Å². The molecule has 0 aromatic heterocycles. The standard InChI is InChI=1S/C16H15N7/c1-11-3-5-15(20-22-17)13(7-11)9-19-10-14-8-12(2)4-6-16(14)21-23-18/h3-9H,10H2,1-2H3. The molecule has 0 atom stereocenters. The molecule has 0 aliphatic carbocycles. The van der Waals surface area contributed by atoms with E-state index in [1.165, 1.54) is 0 Å². The summed E-state index contributed by atoms with van der Waals surface area (Å²) in [5.41, 5.74) is 22.0. The first-order valence-corrected chi connectivity index (χ1v) is 6.94. The number of rotatable bonds is 5. The lowest BCUT2D eigenvalue weighted by molar-refractivity contribution is 1.07. The largest absolute Gasteiger partial charge is 0.288 e. The molecule has 0 saturated heterocycles. The van der Waals surface area contributed by atoms with Crippen molar-refractivity contribution >= 4 is 17.6 Å². The Morgan fingerprint density at radius 1 is 0.913 bits per heavy atom. The van der Waals surface area contributed by atoms with Crippen LogP contribution in [0.25, 0.3) is 20.9 Å². The molecule has 0 aliphatic rings. The number of benzene rings is 2. The van der Waals surface area contributed by atoms with E-state index in [2.05, 4.69) is 25.0 Å². The zero-order valence-electron chi connectivity index (χ0n) is 12.9. The second-order valence-electron chi connectivity index (χ2n) is 5.04. The summed E-state index contributed by atoms with van der Waals surface area (Å²) in [6.07, 6.45) is 1.67. The number of hydrogen-bond acceptors (Lipinski definition) is 3. The van der Waals surface area contributed by atoms with Crippen LogP contribution in [0.3, 0.4) is 0 Å². The summed E-state index contributed by atoms with van der Waals surface area (Å²) in [5, 5.41) is 7.33. The molecule has 23 heavy (non-hydrogen) atoms. The average Bonchev–Trinajstić information content (AvgIpc) is 2.53. The molecule has 0 radical (unpaired) electrons. The van der Waals surface area contributed by atoms with Crippen molar-refractivity contribution in [3.05, 3.63) is 79.5 Å². The quantitative estimate of drug-likeness (QED) is 0.287. The lowest BCUT2D eigenvalue weighted by Crippen LogP contribution is -1.88. The van der Waals surface area contributed by atoms with E-state index in [9.17, 15) is 0 Å². The van der Waals surface area contributed by atoms with Gasteiger partial charge >= 0.3 is 0 Å². The van der Waals surface area contributed by atoms with Crippen LogP contribution >= 0.6 is 0 Å². The van der Waals surface area contributed by atoms with E-state index in [1.54, 1.807) is 18.3 Å². The first-order valence-electron chi connectivity index (χ1n) is 6.94. The molecule has 114 valence electrons. The summed E-state index contributed by atoms with van der Waals surface area (Å²) in [4.78, 5) is 10.0. The van der Waals surface area contributed by atoms with Gasteiger partial charge in [0, 0.05) is 33.0 Å². The van der Waals surface area contributed by atoms with Gasteiger partial charge in [0.25, 0.3) is 0 Å². The molecule has 0 spiro atoms. The second kappa shape index (κ2) is 7.66. The highest BCUT2D eigenvalue weighted by Crippen LogP contribution is 2.23. The Morgan fingerprint density at radius 2 is 1.52 bits per heavy atom. The summed E-state index contributed by atoms with van der Waals surface area (Å²) in [6, 6.07) is 11.1. The summed E-state index contributed by atoms with van der Waals surface area (Å²) in [7, 11) is 0. The maximum absolute atomic E-state index is 8.62. The third kappa shape index (κ3) is 4.35. The van der Waals surface area contributed by atoms with Crippen LogP contribution < -0.4 is 0 Å². The number of aliphatic imine (C=N–C) groups is 1. The Balaban J connectivity index is 2.29. The average molecular weight is 305 g/mol. The predicted octanol–water partition coefficient (Wildman–Crippen LogP) is 5.81. The SMILES string of the molecule is Cc1ccc(N=[N+]=[N-])c(C=NCc2cc(C)ccc2N=[N+]=[N-])c1. The normalized spacial score (nSPS) is 10.2. The van der Waals surface area contributed by atoms with Gasteiger partial charge in [-0.2, -0.15) is 0 Å². The van der Waals surface area contributed by atoms with Crippen molar-refractivity contribution in [2.75, 3.05) is 0 Å². The van der Waals surface area contributed by atoms with Crippen LogP contribution in [-0.2, 0) is 6.54 Å². The fourth-order valence-electron chi connectivity index (χ4n) is 2.15. The van der Waals surface area contributed by atoms with E-state index in [0.717, 1.165) is 22.3 Å². The van der Waals surface area contributed by atoms with Crippen molar-refractivity contribution in [2.45, 2.75) is 20.4 Å². The summed E-state index contributed by atoms with van der Waals surface area (Å²) in [5.74, 6) is 0. The third-order valence-electron chi connectivity index (χ3n) is 3.21. The Labute approximate surface area is 133 Å². The Morgan fingerprint density at radius 3 is 2.22 bits per heavy atom. The molecule has 0 amide bonds. The van der Waals surface area contributed by atoms with Gasteiger partial charge in [-0.1, -0.05) is 57.8 Å². The van der Waals surface area contributed by atoms with Crippen LogP contribution in [0.1, 0.15) is 22.3 Å². The number of azide groups is 2. The van der Waals surface area contributed by atoms with Gasteiger partial charge in [0.1, 0.15) is 0 Å². The fourth-order valence-corrected chi connectivity index (χ4v) is 2.15. The first kappa shape index (κ1) is 16.1. The van der Waals surface area contributed by atoms with Gasteiger partial charge in [0.05, 0.1) is 6.54 Å². The number of nitrogens with zero attached hydrogens (tertiary/aromatic N) is 7. The van der Waals surface area contributed by atoms with Crippen molar-refractivity contribution in [1.82, 2.24) is 0 Å². The molecule has 0 aliphatic heterocycles. The van der Waals surface area contributed by atoms with Gasteiger partial charge in [0.2, 0.25) is 0 Å². The van der Waals surface area contributed by atoms with Gasteiger partial charge in [-0.3, -0.25) is 4.99 Å². The second-order valence-corrected chi connectivity index (χ2v) is 5.04. The molecular weight excluding hydrogens is 290 g/mol. The lowest BCUT2D eigenvalue weighted by Gasteiger charge is -2.04. The van der Waals surface area contributed by atoms with Gasteiger partial charge in [-0.05, 0) is 30.5 Å². The minimum absolute atomic E-state index is 0.375. The highest BCUT2D eigenvalue weighted by molar-refractivity contribution is 5.86. The van der Waals surface area contributed by atoms with Crippen molar-refractivity contribution in [3.8, 4) is 0 Å². The lowest BCUT2D eigenvalue weighted by atomic mass is 10.1. The zero-order chi connectivity index (χ0) is 16.7. The van der Waals surface area contributed by atoms with E-state index in [-0.39, 0.29) is 0 Å². The van der Waals surface area contributed by atoms with Crippen LogP contribution in [0, 0.1) is 13.8 Å². The van der Waals surface area contributed by atoms with E-state index < -0.39 is 0 Å². The molecule has 0 N–H and O–H groups in total. The Bertz CT molecular complexity index is 842. The van der Waals surface area contributed by atoms with Crippen LogP contribution in [0.4, 0.5) is 11.4 Å². The fraction of sp³-hybridized carbons (Fsp3) is 0.188.